The van der Waals surface area contributed by atoms with Gasteiger partial charge in [-0.1, -0.05) is 46.5 Å². The molecule has 0 heteroatoms. The first kappa shape index (κ1) is 9.09. The van der Waals surface area contributed by atoms with Crippen molar-refractivity contribution in [2.45, 2.75) is 52.9 Å². The summed E-state index contributed by atoms with van der Waals surface area (Å²) >= 11 is 0. The van der Waals surface area contributed by atoms with E-state index in [4.69, 9.17) is 0 Å². The minimum atomic E-state index is 0.985. The average molecular weight is 153 g/mol. The van der Waals surface area contributed by atoms with Crippen LogP contribution in [0.4, 0.5) is 0 Å². The molecular weight excluding hydrogens is 132 g/mol. The molecule has 2 atom stereocenters. The highest BCUT2D eigenvalue weighted by atomic mass is 14.3. The molecule has 0 aromatic heterocycles. The molecule has 2 unspecified atom stereocenters. The minimum absolute atomic E-state index is 0.985. The van der Waals surface area contributed by atoms with Gasteiger partial charge in [0.1, 0.15) is 0 Å². The maximum atomic E-state index is 2.42. The van der Waals surface area contributed by atoms with Gasteiger partial charge in [-0.15, -0.1) is 0 Å². The molecule has 1 saturated carbocycles. The van der Waals surface area contributed by atoms with E-state index >= 15 is 0 Å². The standard InChI is InChI=1S/C11H21/c1-9(2)8-11-7-5-4-6-10(11)3/h10-11H,4-8H2,1-3H3. The summed E-state index contributed by atoms with van der Waals surface area (Å²) in [5.41, 5.74) is 0. The van der Waals surface area contributed by atoms with Crippen LogP contribution >= 0.6 is 0 Å². The summed E-state index contributed by atoms with van der Waals surface area (Å²) in [4.78, 5) is 0. The Kier molecular flexibility index (Phi) is 3.42. The molecule has 11 heavy (non-hydrogen) atoms. The van der Waals surface area contributed by atoms with Crippen molar-refractivity contribution < 1.29 is 0 Å². The van der Waals surface area contributed by atoms with Crippen molar-refractivity contribution in [3.8, 4) is 0 Å². The molecule has 0 saturated heterocycles. The van der Waals surface area contributed by atoms with Crippen molar-refractivity contribution in [3.05, 3.63) is 5.92 Å². The molecule has 0 aliphatic heterocycles. The van der Waals surface area contributed by atoms with E-state index in [2.05, 4.69) is 20.8 Å². The summed E-state index contributed by atoms with van der Waals surface area (Å²) < 4.78 is 0. The summed E-state index contributed by atoms with van der Waals surface area (Å²) in [6.07, 6.45) is 7.27. The van der Waals surface area contributed by atoms with Crippen LogP contribution in [0.5, 0.6) is 0 Å². The number of hydrogen-bond acceptors (Lipinski definition) is 0. The smallest absolute Gasteiger partial charge is 0.0300 e. The van der Waals surface area contributed by atoms with Crippen molar-refractivity contribution in [2.75, 3.05) is 0 Å². The largest absolute Gasteiger partial charge is 0.0622 e. The normalized spacial score (nSPS) is 32.7. The van der Waals surface area contributed by atoms with Crippen molar-refractivity contribution in [3.63, 3.8) is 0 Å². The van der Waals surface area contributed by atoms with Gasteiger partial charge in [0.05, 0.1) is 0 Å². The van der Waals surface area contributed by atoms with E-state index in [-0.39, 0.29) is 0 Å². The molecule has 1 rings (SSSR count). The molecule has 0 amide bonds. The highest BCUT2D eigenvalue weighted by Gasteiger charge is 2.21. The quantitative estimate of drug-likeness (QED) is 0.566. The fourth-order valence-corrected chi connectivity index (χ4v) is 2.22. The van der Waals surface area contributed by atoms with Crippen LogP contribution in [0.15, 0.2) is 0 Å². The molecule has 0 aromatic carbocycles. The molecule has 0 bridgehead atoms. The summed E-state index contributed by atoms with van der Waals surface area (Å²) in [7, 11) is 0. The number of hydrogen-bond donors (Lipinski definition) is 0. The van der Waals surface area contributed by atoms with Gasteiger partial charge in [-0.2, -0.15) is 0 Å². The van der Waals surface area contributed by atoms with E-state index < -0.39 is 0 Å². The SMILES string of the molecule is C[C](C)CC1CCCCC1C. The molecule has 0 heterocycles. The van der Waals surface area contributed by atoms with Crippen molar-refractivity contribution >= 4 is 0 Å². The van der Waals surface area contributed by atoms with Gasteiger partial charge in [0.2, 0.25) is 0 Å². The van der Waals surface area contributed by atoms with Crippen LogP contribution < -0.4 is 0 Å². The Morgan fingerprint density at radius 3 is 2.36 bits per heavy atom. The summed E-state index contributed by atoms with van der Waals surface area (Å²) in [6, 6.07) is 0. The first-order chi connectivity index (χ1) is 5.20. The Morgan fingerprint density at radius 2 is 1.82 bits per heavy atom. The van der Waals surface area contributed by atoms with E-state index in [9.17, 15) is 0 Å². The molecule has 1 aliphatic rings. The van der Waals surface area contributed by atoms with Crippen LogP contribution in [0.2, 0.25) is 0 Å². The molecule has 0 nitrogen and oxygen atoms in total. The van der Waals surface area contributed by atoms with E-state index in [0.717, 1.165) is 11.8 Å². The minimum Gasteiger partial charge on any atom is -0.0622 e. The van der Waals surface area contributed by atoms with Crippen molar-refractivity contribution in [1.82, 2.24) is 0 Å². The summed E-state index contributed by atoms with van der Waals surface area (Å²) in [6.45, 7) is 6.95. The van der Waals surface area contributed by atoms with Gasteiger partial charge >= 0.3 is 0 Å². The van der Waals surface area contributed by atoms with E-state index in [0.29, 0.717) is 0 Å². The van der Waals surface area contributed by atoms with Crippen LogP contribution in [0.1, 0.15) is 52.9 Å². The van der Waals surface area contributed by atoms with Crippen molar-refractivity contribution in [1.29, 1.82) is 0 Å². The van der Waals surface area contributed by atoms with Crippen LogP contribution in [0, 0.1) is 17.8 Å². The Labute approximate surface area is 71.4 Å². The molecular formula is C11H21. The molecule has 1 aliphatic carbocycles. The predicted octanol–water partition coefficient (Wildman–Crippen LogP) is 3.82. The summed E-state index contributed by atoms with van der Waals surface area (Å²) in [5, 5.41) is 0. The monoisotopic (exact) mass is 153 g/mol. The fourth-order valence-electron chi connectivity index (χ4n) is 2.22. The van der Waals surface area contributed by atoms with E-state index in [1.807, 2.05) is 0 Å². The maximum Gasteiger partial charge on any atom is -0.0300 e. The molecule has 0 N–H and O–H groups in total. The first-order valence-electron chi connectivity index (χ1n) is 4.99. The van der Waals surface area contributed by atoms with Gasteiger partial charge < -0.3 is 0 Å². The fraction of sp³-hybridized carbons (Fsp3) is 0.909. The maximum absolute atomic E-state index is 2.42. The molecule has 65 valence electrons. The third-order valence-corrected chi connectivity index (χ3v) is 2.96. The lowest BCUT2D eigenvalue weighted by molar-refractivity contribution is 0.247. The highest BCUT2D eigenvalue weighted by Crippen LogP contribution is 2.34. The third kappa shape index (κ3) is 2.84. The van der Waals surface area contributed by atoms with Gasteiger partial charge in [0, 0.05) is 0 Å². The average Bonchev–Trinajstić information content (AvgIpc) is 1.93. The van der Waals surface area contributed by atoms with Gasteiger partial charge in [0.15, 0.2) is 0 Å². The lowest BCUT2D eigenvalue weighted by Crippen LogP contribution is -2.17. The van der Waals surface area contributed by atoms with Crippen LogP contribution in [-0.2, 0) is 0 Å². The van der Waals surface area contributed by atoms with Gasteiger partial charge in [-0.3, -0.25) is 0 Å². The van der Waals surface area contributed by atoms with E-state index in [1.54, 1.807) is 5.92 Å². The zero-order valence-corrected chi connectivity index (χ0v) is 8.19. The predicted molar refractivity (Wildman–Crippen MR) is 50.3 cm³/mol. The third-order valence-electron chi connectivity index (χ3n) is 2.96. The Morgan fingerprint density at radius 1 is 1.18 bits per heavy atom. The second-order valence-corrected chi connectivity index (χ2v) is 4.43. The Hall–Kier alpha value is 0. The highest BCUT2D eigenvalue weighted by molar-refractivity contribution is 4.84. The molecule has 1 fully saturated rings. The Bertz CT molecular complexity index is 105. The molecule has 1 radical (unpaired) electrons. The molecule has 0 spiro atoms. The number of rotatable bonds is 2. The lowest BCUT2D eigenvalue weighted by Gasteiger charge is -2.29. The zero-order valence-electron chi connectivity index (χ0n) is 8.19. The zero-order chi connectivity index (χ0) is 8.27. The van der Waals surface area contributed by atoms with Crippen LogP contribution in [0.3, 0.4) is 0 Å². The van der Waals surface area contributed by atoms with Crippen LogP contribution in [-0.4, -0.2) is 0 Å². The topological polar surface area (TPSA) is 0 Å². The first-order valence-corrected chi connectivity index (χ1v) is 4.99. The summed E-state index contributed by atoms with van der Waals surface area (Å²) in [5.74, 6) is 3.61. The van der Waals surface area contributed by atoms with E-state index in [1.165, 1.54) is 32.1 Å². The van der Waals surface area contributed by atoms with Crippen molar-refractivity contribution in [2.24, 2.45) is 11.8 Å². The van der Waals surface area contributed by atoms with Gasteiger partial charge in [0.25, 0.3) is 0 Å². The second-order valence-electron chi connectivity index (χ2n) is 4.43. The molecule has 0 aromatic rings. The lowest BCUT2D eigenvalue weighted by atomic mass is 9.76. The second kappa shape index (κ2) is 4.13. The van der Waals surface area contributed by atoms with Gasteiger partial charge in [-0.25, -0.2) is 0 Å². The Balaban J connectivity index is 2.29. The van der Waals surface area contributed by atoms with Crippen LogP contribution in [0.25, 0.3) is 0 Å². The van der Waals surface area contributed by atoms with Gasteiger partial charge in [-0.05, 0) is 24.2 Å².